The highest BCUT2D eigenvalue weighted by Crippen LogP contribution is 2.32. The molecule has 0 heterocycles. The minimum Gasteiger partial charge on any atom is -0.481 e. The quantitative estimate of drug-likeness (QED) is 0.341. The summed E-state index contributed by atoms with van der Waals surface area (Å²) < 4.78 is 20.6. The Morgan fingerprint density at radius 2 is 1.86 bits per heavy atom. The maximum Gasteiger partial charge on any atom is 0.303 e. The van der Waals surface area contributed by atoms with E-state index < -0.39 is 17.9 Å². The Morgan fingerprint density at radius 1 is 1.17 bits per heavy atom. The second-order valence-electron chi connectivity index (χ2n) is 10.5. The van der Waals surface area contributed by atoms with E-state index in [0.717, 1.165) is 25.7 Å². The number of carboxylic acids is 1. The number of aliphatic carboxylic acids is 1. The van der Waals surface area contributed by atoms with Gasteiger partial charge in [0.05, 0.1) is 18.8 Å². The number of aliphatic hydroxyl groups excluding tert-OH is 1. The van der Waals surface area contributed by atoms with Crippen LogP contribution in [0.2, 0.25) is 0 Å². The Hall–Kier alpha value is -2.28. The molecule has 6 heteroatoms. The standard InChI is InChI=1S/C29H40FNO4/c1-4-8-27(25-11-7-12-26(30)24(25)13-14-28(33)34)35-19-23(32)18-31-29(2,3)17-20-15-21-9-5-6-10-22(21)16-20/h5-7,9-12,20,23,27,31-32H,4,8,13-19H2,1-3H3,(H,33,34)/t23?,27-/m1/s1. The Morgan fingerprint density at radius 3 is 2.49 bits per heavy atom. The van der Waals surface area contributed by atoms with Gasteiger partial charge in [-0.25, -0.2) is 4.39 Å². The zero-order valence-electron chi connectivity index (χ0n) is 21.2. The van der Waals surface area contributed by atoms with Crippen LogP contribution < -0.4 is 5.32 Å². The van der Waals surface area contributed by atoms with Crippen molar-refractivity contribution in [2.24, 2.45) is 5.92 Å². The average Bonchev–Trinajstić information content (AvgIpc) is 3.21. The van der Waals surface area contributed by atoms with Gasteiger partial charge in [-0.1, -0.05) is 49.7 Å². The molecule has 0 bridgehead atoms. The highest BCUT2D eigenvalue weighted by molar-refractivity contribution is 5.67. The Labute approximate surface area is 208 Å². The summed E-state index contributed by atoms with van der Waals surface area (Å²) in [4.78, 5) is 11.0. The Balaban J connectivity index is 1.52. The second kappa shape index (κ2) is 12.6. The molecular formula is C29H40FNO4. The lowest BCUT2D eigenvalue weighted by Crippen LogP contribution is -2.45. The van der Waals surface area contributed by atoms with Crippen LogP contribution in [0.3, 0.4) is 0 Å². The summed E-state index contributed by atoms with van der Waals surface area (Å²) in [6.07, 6.45) is 3.59. The molecule has 0 saturated heterocycles. The van der Waals surface area contributed by atoms with E-state index in [9.17, 15) is 14.3 Å². The fourth-order valence-corrected chi connectivity index (χ4v) is 5.23. The average molecular weight is 486 g/mol. The predicted molar refractivity (Wildman–Crippen MR) is 136 cm³/mol. The van der Waals surface area contributed by atoms with Gasteiger partial charge >= 0.3 is 5.97 Å². The highest BCUT2D eigenvalue weighted by Gasteiger charge is 2.28. The van der Waals surface area contributed by atoms with Gasteiger partial charge in [0, 0.05) is 18.5 Å². The van der Waals surface area contributed by atoms with Crippen molar-refractivity contribution in [2.45, 2.75) is 83.5 Å². The molecule has 1 unspecified atom stereocenters. The summed E-state index contributed by atoms with van der Waals surface area (Å²) in [6, 6.07) is 13.4. The van der Waals surface area contributed by atoms with Crippen LogP contribution in [0, 0.1) is 11.7 Å². The molecule has 0 saturated carbocycles. The van der Waals surface area contributed by atoms with E-state index in [-0.39, 0.29) is 31.1 Å². The number of hydrogen-bond acceptors (Lipinski definition) is 4. The van der Waals surface area contributed by atoms with Gasteiger partial charge in [0.25, 0.3) is 0 Å². The van der Waals surface area contributed by atoms with Gasteiger partial charge in [0.15, 0.2) is 0 Å². The normalized spacial score (nSPS) is 15.7. The fraction of sp³-hybridized carbons (Fsp3) is 0.552. The second-order valence-corrected chi connectivity index (χ2v) is 10.5. The topological polar surface area (TPSA) is 78.8 Å². The molecule has 0 aromatic heterocycles. The Bertz CT molecular complexity index is 952. The first-order valence-corrected chi connectivity index (χ1v) is 12.8. The van der Waals surface area contributed by atoms with E-state index in [1.807, 2.05) is 6.92 Å². The Kier molecular flexibility index (Phi) is 9.84. The molecule has 3 N–H and O–H groups in total. The van der Waals surface area contributed by atoms with Crippen LogP contribution in [0.4, 0.5) is 4.39 Å². The van der Waals surface area contributed by atoms with E-state index in [1.165, 1.54) is 17.2 Å². The number of β-amino-alcohol motifs (C(OH)–C–C–N with tert-alkyl or cyclic N) is 1. The van der Waals surface area contributed by atoms with E-state index >= 15 is 0 Å². The molecule has 5 nitrogen and oxygen atoms in total. The van der Waals surface area contributed by atoms with Gasteiger partial charge in [-0.15, -0.1) is 0 Å². The number of fused-ring (bicyclic) bond motifs is 1. The minimum atomic E-state index is -0.960. The number of halogens is 1. The van der Waals surface area contributed by atoms with Crippen LogP contribution in [-0.2, 0) is 28.8 Å². The summed E-state index contributed by atoms with van der Waals surface area (Å²) in [7, 11) is 0. The van der Waals surface area contributed by atoms with E-state index in [2.05, 4.69) is 43.4 Å². The van der Waals surface area contributed by atoms with Crippen LogP contribution in [0.1, 0.15) is 74.8 Å². The number of carboxylic acid groups (broad SMARTS) is 1. The number of aliphatic hydroxyl groups is 1. The molecule has 2 aromatic rings. The van der Waals surface area contributed by atoms with Gasteiger partial charge in [0.2, 0.25) is 0 Å². The summed E-state index contributed by atoms with van der Waals surface area (Å²) in [5.41, 5.74) is 3.84. The van der Waals surface area contributed by atoms with Crippen LogP contribution in [0.15, 0.2) is 42.5 Å². The highest BCUT2D eigenvalue weighted by atomic mass is 19.1. The van der Waals surface area contributed by atoms with Crippen molar-refractivity contribution in [1.29, 1.82) is 0 Å². The van der Waals surface area contributed by atoms with Crippen molar-refractivity contribution in [3.63, 3.8) is 0 Å². The zero-order valence-corrected chi connectivity index (χ0v) is 21.2. The molecule has 1 aliphatic rings. The molecule has 1 aliphatic carbocycles. The number of ether oxygens (including phenoxy) is 1. The number of benzene rings is 2. The van der Waals surface area contributed by atoms with Crippen molar-refractivity contribution in [1.82, 2.24) is 5.32 Å². The lowest BCUT2D eigenvalue weighted by molar-refractivity contribution is -0.136. The summed E-state index contributed by atoms with van der Waals surface area (Å²) in [6.45, 7) is 6.89. The zero-order chi connectivity index (χ0) is 25.4. The van der Waals surface area contributed by atoms with E-state index in [1.54, 1.807) is 12.1 Å². The first kappa shape index (κ1) is 27.3. The summed E-state index contributed by atoms with van der Waals surface area (Å²) in [5, 5.41) is 23.2. The third kappa shape index (κ3) is 8.13. The van der Waals surface area contributed by atoms with Crippen molar-refractivity contribution in [2.75, 3.05) is 13.2 Å². The minimum absolute atomic E-state index is 0.115. The van der Waals surface area contributed by atoms with Crippen molar-refractivity contribution >= 4 is 5.97 Å². The van der Waals surface area contributed by atoms with Crippen LogP contribution in [-0.4, -0.2) is 41.0 Å². The molecule has 0 radical (unpaired) electrons. The molecule has 0 fully saturated rings. The molecule has 0 amide bonds. The summed E-state index contributed by atoms with van der Waals surface area (Å²) >= 11 is 0. The molecule has 3 rings (SSSR count). The monoisotopic (exact) mass is 485 g/mol. The van der Waals surface area contributed by atoms with Gasteiger partial charge in [-0.3, -0.25) is 4.79 Å². The van der Waals surface area contributed by atoms with Crippen molar-refractivity contribution < 1.29 is 24.1 Å². The molecular weight excluding hydrogens is 445 g/mol. The first-order chi connectivity index (χ1) is 16.7. The number of rotatable bonds is 14. The SMILES string of the molecule is CCC[C@@H](OCC(O)CNC(C)(C)CC1Cc2ccccc2C1)c1cccc(F)c1CCC(=O)O. The van der Waals surface area contributed by atoms with Gasteiger partial charge < -0.3 is 20.3 Å². The largest absolute Gasteiger partial charge is 0.481 e. The van der Waals surface area contributed by atoms with Gasteiger partial charge in [-0.05, 0) is 80.2 Å². The third-order valence-electron chi connectivity index (χ3n) is 6.88. The maximum atomic E-state index is 14.5. The molecule has 2 aromatic carbocycles. The fourth-order valence-electron chi connectivity index (χ4n) is 5.23. The van der Waals surface area contributed by atoms with Gasteiger partial charge in [-0.2, -0.15) is 0 Å². The summed E-state index contributed by atoms with van der Waals surface area (Å²) in [5.74, 6) is -0.779. The maximum absolute atomic E-state index is 14.5. The van der Waals surface area contributed by atoms with E-state index in [0.29, 0.717) is 30.0 Å². The number of carbonyl (C=O) groups is 1. The third-order valence-corrected chi connectivity index (χ3v) is 6.88. The molecule has 192 valence electrons. The first-order valence-electron chi connectivity index (χ1n) is 12.8. The molecule has 0 aliphatic heterocycles. The van der Waals surface area contributed by atoms with E-state index in [4.69, 9.17) is 9.84 Å². The van der Waals surface area contributed by atoms with Crippen LogP contribution >= 0.6 is 0 Å². The van der Waals surface area contributed by atoms with Crippen LogP contribution in [0.25, 0.3) is 0 Å². The number of nitrogens with one attached hydrogen (secondary N) is 1. The lowest BCUT2D eigenvalue weighted by Gasteiger charge is -2.31. The molecule has 2 atom stereocenters. The van der Waals surface area contributed by atoms with Crippen molar-refractivity contribution in [3.05, 3.63) is 70.5 Å². The van der Waals surface area contributed by atoms with Crippen LogP contribution in [0.5, 0.6) is 0 Å². The smallest absolute Gasteiger partial charge is 0.303 e. The lowest BCUT2D eigenvalue weighted by atomic mass is 9.88. The molecule has 35 heavy (non-hydrogen) atoms. The predicted octanol–water partition coefficient (Wildman–Crippen LogP) is 5.23. The van der Waals surface area contributed by atoms with Crippen molar-refractivity contribution in [3.8, 4) is 0 Å². The molecule has 0 spiro atoms. The van der Waals surface area contributed by atoms with Gasteiger partial charge in [0.1, 0.15) is 5.82 Å². The number of hydrogen-bond donors (Lipinski definition) is 3.